The van der Waals surface area contributed by atoms with Gasteiger partial charge in [-0.25, -0.2) is 0 Å². The first-order valence-electron chi connectivity index (χ1n) is 7.93. The highest BCUT2D eigenvalue weighted by Gasteiger charge is 2.16. The first-order valence-corrected chi connectivity index (χ1v) is 9.53. The summed E-state index contributed by atoms with van der Waals surface area (Å²) in [6, 6.07) is 15.1. The van der Waals surface area contributed by atoms with Crippen molar-refractivity contribution in [2.45, 2.75) is 12.5 Å². The SMILES string of the molecule is CNCCC(Nc1cc(Br)c(-c2ccnn2C)s1)c1ccccc1. The lowest BCUT2D eigenvalue weighted by atomic mass is 10.0. The molecule has 1 aromatic carbocycles. The van der Waals surface area contributed by atoms with Gasteiger partial charge >= 0.3 is 0 Å². The van der Waals surface area contributed by atoms with Crippen LogP contribution in [0.4, 0.5) is 5.00 Å². The summed E-state index contributed by atoms with van der Waals surface area (Å²) in [5.41, 5.74) is 2.42. The van der Waals surface area contributed by atoms with Gasteiger partial charge in [-0.05, 0) is 53.6 Å². The molecule has 3 aromatic rings. The second-order valence-electron chi connectivity index (χ2n) is 5.63. The molecule has 0 radical (unpaired) electrons. The Kier molecular flexibility index (Phi) is 5.71. The molecular formula is C18H21BrN4S. The number of benzene rings is 1. The van der Waals surface area contributed by atoms with Crippen molar-refractivity contribution in [1.29, 1.82) is 0 Å². The molecule has 1 unspecified atom stereocenters. The molecule has 1 atom stereocenters. The highest BCUT2D eigenvalue weighted by Crippen LogP contribution is 2.40. The predicted octanol–water partition coefficient (Wildman–Crippen LogP) is 4.67. The standard InChI is InChI=1S/C18H21BrN4S/c1-20-10-8-15(13-6-4-3-5-7-13)22-17-12-14(19)18(24-17)16-9-11-21-23(16)2/h3-7,9,11-12,15,20,22H,8,10H2,1-2H3. The average molecular weight is 405 g/mol. The third-order valence-electron chi connectivity index (χ3n) is 3.94. The number of aryl methyl sites for hydroxylation is 1. The molecule has 0 aliphatic carbocycles. The van der Waals surface area contributed by atoms with E-state index in [1.54, 1.807) is 11.3 Å². The number of anilines is 1. The van der Waals surface area contributed by atoms with Gasteiger partial charge in [0, 0.05) is 17.7 Å². The first kappa shape index (κ1) is 17.2. The number of nitrogens with zero attached hydrogens (tertiary/aromatic N) is 2. The van der Waals surface area contributed by atoms with Crippen LogP contribution in [0, 0.1) is 0 Å². The van der Waals surface area contributed by atoms with Crippen molar-refractivity contribution in [3.8, 4) is 10.6 Å². The summed E-state index contributed by atoms with van der Waals surface area (Å²) >= 11 is 5.44. The highest BCUT2D eigenvalue weighted by atomic mass is 79.9. The van der Waals surface area contributed by atoms with Crippen LogP contribution in [-0.4, -0.2) is 23.4 Å². The van der Waals surface area contributed by atoms with Crippen LogP contribution in [0.3, 0.4) is 0 Å². The molecule has 0 aliphatic heterocycles. The van der Waals surface area contributed by atoms with Gasteiger partial charge in [0.15, 0.2) is 0 Å². The van der Waals surface area contributed by atoms with Crippen LogP contribution in [-0.2, 0) is 7.05 Å². The van der Waals surface area contributed by atoms with E-state index in [0.717, 1.165) is 28.1 Å². The number of thiophene rings is 1. The lowest BCUT2D eigenvalue weighted by molar-refractivity contribution is 0.647. The maximum atomic E-state index is 4.27. The van der Waals surface area contributed by atoms with Gasteiger partial charge in [-0.1, -0.05) is 30.3 Å². The molecule has 0 aliphatic rings. The maximum Gasteiger partial charge on any atom is 0.0906 e. The minimum Gasteiger partial charge on any atom is -0.370 e. The maximum absolute atomic E-state index is 4.27. The number of hydrogen-bond donors (Lipinski definition) is 2. The molecule has 126 valence electrons. The monoisotopic (exact) mass is 404 g/mol. The number of rotatable bonds is 7. The Balaban J connectivity index is 1.84. The Morgan fingerprint density at radius 1 is 1.25 bits per heavy atom. The molecule has 24 heavy (non-hydrogen) atoms. The summed E-state index contributed by atoms with van der Waals surface area (Å²) < 4.78 is 3.00. The molecule has 2 heterocycles. The molecule has 0 saturated carbocycles. The van der Waals surface area contributed by atoms with Crippen molar-refractivity contribution in [3.63, 3.8) is 0 Å². The van der Waals surface area contributed by atoms with E-state index in [0.29, 0.717) is 0 Å². The third-order valence-corrected chi connectivity index (χ3v) is 5.92. The van der Waals surface area contributed by atoms with E-state index in [1.807, 2.05) is 31.0 Å². The summed E-state index contributed by atoms with van der Waals surface area (Å²) in [7, 11) is 3.96. The zero-order valence-electron chi connectivity index (χ0n) is 13.8. The van der Waals surface area contributed by atoms with Gasteiger partial charge in [0.1, 0.15) is 0 Å². The molecule has 2 aromatic heterocycles. The van der Waals surface area contributed by atoms with Crippen LogP contribution in [0.25, 0.3) is 10.6 Å². The predicted molar refractivity (Wildman–Crippen MR) is 106 cm³/mol. The van der Waals surface area contributed by atoms with Crippen molar-refractivity contribution in [2.75, 3.05) is 18.9 Å². The molecule has 0 bridgehead atoms. The molecule has 0 spiro atoms. The van der Waals surface area contributed by atoms with E-state index in [2.05, 4.69) is 68.1 Å². The molecule has 0 saturated heterocycles. The molecule has 4 nitrogen and oxygen atoms in total. The average Bonchev–Trinajstić information content (AvgIpc) is 3.17. The molecule has 6 heteroatoms. The summed E-state index contributed by atoms with van der Waals surface area (Å²) in [5, 5.41) is 12.4. The Bertz CT molecular complexity index is 781. The fraction of sp³-hybridized carbons (Fsp3) is 0.278. The van der Waals surface area contributed by atoms with Gasteiger partial charge in [0.25, 0.3) is 0 Å². The van der Waals surface area contributed by atoms with Crippen molar-refractivity contribution in [3.05, 3.63) is 58.7 Å². The zero-order valence-corrected chi connectivity index (χ0v) is 16.2. The van der Waals surface area contributed by atoms with Crippen LogP contribution in [0.5, 0.6) is 0 Å². The van der Waals surface area contributed by atoms with Gasteiger partial charge in [-0.3, -0.25) is 4.68 Å². The number of hydrogen-bond acceptors (Lipinski definition) is 4. The van der Waals surface area contributed by atoms with Crippen LogP contribution in [0.1, 0.15) is 18.0 Å². The van der Waals surface area contributed by atoms with Crippen LogP contribution in [0.15, 0.2) is 53.1 Å². The minimum absolute atomic E-state index is 0.281. The first-order chi connectivity index (χ1) is 11.7. The number of aromatic nitrogens is 2. The third kappa shape index (κ3) is 3.88. The Labute approximate surface area is 155 Å². The van der Waals surface area contributed by atoms with Gasteiger partial charge in [0.05, 0.1) is 21.6 Å². The van der Waals surface area contributed by atoms with Crippen molar-refractivity contribution < 1.29 is 0 Å². The highest BCUT2D eigenvalue weighted by molar-refractivity contribution is 9.10. The topological polar surface area (TPSA) is 41.9 Å². The summed E-state index contributed by atoms with van der Waals surface area (Å²) in [5.74, 6) is 0. The van der Waals surface area contributed by atoms with E-state index < -0.39 is 0 Å². The van der Waals surface area contributed by atoms with E-state index >= 15 is 0 Å². The van der Waals surface area contributed by atoms with Crippen LogP contribution >= 0.6 is 27.3 Å². The minimum atomic E-state index is 0.281. The molecule has 0 fully saturated rings. The quantitative estimate of drug-likeness (QED) is 0.600. The summed E-state index contributed by atoms with van der Waals surface area (Å²) in [4.78, 5) is 1.19. The Morgan fingerprint density at radius 3 is 2.71 bits per heavy atom. The zero-order chi connectivity index (χ0) is 16.9. The smallest absolute Gasteiger partial charge is 0.0906 e. The Morgan fingerprint density at radius 2 is 2.04 bits per heavy atom. The van der Waals surface area contributed by atoms with Crippen molar-refractivity contribution in [2.24, 2.45) is 7.05 Å². The lowest BCUT2D eigenvalue weighted by Gasteiger charge is -2.19. The fourth-order valence-corrected chi connectivity index (χ4v) is 4.56. The summed E-state index contributed by atoms with van der Waals surface area (Å²) in [6.45, 7) is 0.966. The normalized spacial score (nSPS) is 12.3. The van der Waals surface area contributed by atoms with Crippen molar-refractivity contribution >= 4 is 32.3 Å². The fourth-order valence-electron chi connectivity index (χ4n) is 2.68. The van der Waals surface area contributed by atoms with Gasteiger partial charge in [-0.2, -0.15) is 5.10 Å². The summed E-state index contributed by atoms with van der Waals surface area (Å²) in [6.07, 6.45) is 2.85. The van der Waals surface area contributed by atoms with Gasteiger partial charge < -0.3 is 10.6 Å². The molecule has 0 amide bonds. The van der Waals surface area contributed by atoms with Crippen molar-refractivity contribution in [1.82, 2.24) is 15.1 Å². The van der Waals surface area contributed by atoms with Gasteiger partial charge in [0.2, 0.25) is 0 Å². The second kappa shape index (κ2) is 7.96. The van der Waals surface area contributed by atoms with E-state index in [4.69, 9.17) is 0 Å². The van der Waals surface area contributed by atoms with Crippen LogP contribution in [0.2, 0.25) is 0 Å². The molecular weight excluding hydrogens is 384 g/mol. The molecule has 2 N–H and O–H groups in total. The largest absolute Gasteiger partial charge is 0.370 e. The Hall–Kier alpha value is -1.63. The molecule has 3 rings (SSSR count). The second-order valence-corrected chi connectivity index (χ2v) is 7.53. The lowest BCUT2D eigenvalue weighted by Crippen LogP contribution is -2.17. The van der Waals surface area contributed by atoms with Crippen LogP contribution < -0.4 is 10.6 Å². The number of nitrogens with one attached hydrogen (secondary N) is 2. The number of halogens is 1. The van der Waals surface area contributed by atoms with Gasteiger partial charge in [-0.15, -0.1) is 11.3 Å². The van der Waals surface area contributed by atoms with E-state index in [9.17, 15) is 0 Å². The van der Waals surface area contributed by atoms with E-state index in [-0.39, 0.29) is 6.04 Å². The van der Waals surface area contributed by atoms with E-state index in [1.165, 1.54) is 10.4 Å².